The fraction of sp³-hybridized carbons (Fsp3) is 0.0588. The number of halogens is 2. The third-order valence-electron chi connectivity index (χ3n) is 2.98. The summed E-state index contributed by atoms with van der Waals surface area (Å²) >= 11 is 11.9. The summed E-state index contributed by atoms with van der Waals surface area (Å²) in [5.74, 6) is -0.470. The Morgan fingerprint density at radius 1 is 1.13 bits per heavy atom. The van der Waals surface area contributed by atoms with Gasteiger partial charge in [-0.05, 0) is 17.7 Å². The molecule has 0 aliphatic heterocycles. The van der Waals surface area contributed by atoms with Crippen molar-refractivity contribution in [2.24, 2.45) is 0 Å². The van der Waals surface area contributed by atoms with Crippen LogP contribution in [0, 0.1) is 11.3 Å². The van der Waals surface area contributed by atoms with E-state index in [1.807, 2.05) is 36.4 Å². The van der Waals surface area contributed by atoms with Crippen molar-refractivity contribution in [3.8, 4) is 6.07 Å². The molecule has 0 spiro atoms. The molecule has 0 aliphatic rings. The van der Waals surface area contributed by atoms with E-state index in [4.69, 9.17) is 28.5 Å². The molecule has 116 valence electrons. The number of carbonyl (C=O) groups is 1. The highest BCUT2D eigenvalue weighted by molar-refractivity contribution is 6.43. The summed E-state index contributed by atoms with van der Waals surface area (Å²) in [6, 6.07) is 16.3. The van der Waals surface area contributed by atoms with Gasteiger partial charge in [-0.15, -0.1) is 0 Å². The highest BCUT2D eigenvalue weighted by atomic mass is 35.5. The first-order chi connectivity index (χ1) is 11.1. The Morgan fingerprint density at radius 2 is 1.87 bits per heavy atom. The summed E-state index contributed by atoms with van der Waals surface area (Å²) in [5, 5.41) is 15.3. The molecule has 23 heavy (non-hydrogen) atoms. The van der Waals surface area contributed by atoms with E-state index in [2.05, 4.69) is 10.6 Å². The van der Waals surface area contributed by atoms with Crippen LogP contribution in [-0.4, -0.2) is 5.91 Å². The summed E-state index contributed by atoms with van der Waals surface area (Å²) in [6.45, 7) is 0.344. The number of nitrogens with zero attached hydrogens (tertiary/aromatic N) is 1. The Balaban J connectivity index is 2.02. The third-order valence-corrected chi connectivity index (χ3v) is 3.80. The molecule has 0 radical (unpaired) electrons. The van der Waals surface area contributed by atoms with Crippen LogP contribution in [0.1, 0.15) is 5.56 Å². The lowest BCUT2D eigenvalue weighted by molar-refractivity contribution is -0.117. The van der Waals surface area contributed by atoms with Gasteiger partial charge in [0.2, 0.25) is 0 Å². The van der Waals surface area contributed by atoms with Crippen LogP contribution in [0.3, 0.4) is 0 Å². The molecule has 0 unspecified atom stereocenters. The summed E-state index contributed by atoms with van der Waals surface area (Å²) in [6.07, 6.45) is 1.30. The van der Waals surface area contributed by atoms with Gasteiger partial charge in [0.1, 0.15) is 11.6 Å². The zero-order valence-electron chi connectivity index (χ0n) is 12.0. The van der Waals surface area contributed by atoms with Gasteiger partial charge in [0.15, 0.2) is 0 Å². The topological polar surface area (TPSA) is 64.9 Å². The number of hydrogen-bond donors (Lipinski definition) is 2. The molecule has 0 aromatic heterocycles. The Bertz CT molecular complexity index is 767. The van der Waals surface area contributed by atoms with E-state index < -0.39 is 5.91 Å². The van der Waals surface area contributed by atoms with E-state index >= 15 is 0 Å². The van der Waals surface area contributed by atoms with E-state index in [1.54, 1.807) is 18.2 Å². The molecule has 6 heteroatoms. The Labute approximate surface area is 144 Å². The molecule has 2 aromatic carbocycles. The third kappa shape index (κ3) is 4.75. The van der Waals surface area contributed by atoms with Gasteiger partial charge in [-0.25, -0.2) is 0 Å². The number of rotatable bonds is 5. The van der Waals surface area contributed by atoms with Crippen molar-refractivity contribution in [2.45, 2.75) is 6.54 Å². The Morgan fingerprint density at radius 3 is 2.57 bits per heavy atom. The van der Waals surface area contributed by atoms with Crippen molar-refractivity contribution >= 4 is 34.8 Å². The minimum atomic E-state index is -0.470. The van der Waals surface area contributed by atoms with Crippen molar-refractivity contribution in [3.05, 3.63) is 75.9 Å². The van der Waals surface area contributed by atoms with Crippen molar-refractivity contribution in [2.75, 3.05) is 5.32 Å². The highest BCUT2D eigenvalue weighted by Crippen LogP contribution is 2.29. The first kappa shape index (κ1) is 16.9. The maximum Gasteiger partial charge on any atom is 0.263 e. The minimum Gasteiger partial charge on any atom is -0.359 e. The van der Waals surface area contributed by atoms with E-state index in [0.717, 1.165) is 5.56 Å². The smallest absolute Gasteiger partial charge is 0.263 e. The van der Waals surface area contributed by atoms with Gasteiger partial charge in [-0.1, -0.05) is 59.6 Å². The molecule has 0 bridgehead atoms. The van der Waals surface area contributed by atoms with Crippen LogP contribution in [0.5, 0.6) is 0 Å². The van der Waals surface area contributed by atoms with Gasteiger partial charge in [-0.2, -0.15) is 5.26 Å². The summed E-state index contributed by atoms with van der Waals surface area (Å²) < 4.78 is 0. The van der Waals surface area contributed by atoms with E-state index in [0.29, 0.717) is 22.3 Å². The lowest BCUT2D eigenvalue weighted by Crippen LogP contribution is -2.24. The summed E-state index contributed by atoms with van der Waals surface area (Å²) in [7, 11) is 0. The predicted molar refractivity (Wildman–Crippen MR) is 92.1 cm³/mol. The van der Waals surface area contributed by atoms with Gasteiger partial charge in [0.05, 0.1) is 15.7 Å². The fourth-order valence-corrected chi connectivity index (χ4v) is 2.14. The molecule has 0 fully saturated rings. The SMILES string of the molecule is N#C/C(=C/Nc1cccc(Cl)c1Cl)C(=O)NCc1ccccc1. The monoisotopic (exact) mass is 345 g/mol. The van der Waals surface area contributed by atoms with Gasteiger partial charge in [0.25, 0.3) is 5.91 Å². The molecule has 2 aromatic rings. The zero-order valence-corrected chi connectivity index (χ0v) is 13.5. The Hall–Kier alpha value is -2.48. The van der Waals surface area contributed by atoms with Crippen LogP contribution in [-0.2, 0) is 11.3 Å². The largest absolute Gasteiger partial charge is 0.359 e. The van der Waals surface area contributed by atoms with Crippen LogP contribution in [0.2, 0.25) is 10.0 Å². The molecule has 0 aliphatic carbocycles. The molecule has 0 saturated heterocycles. The second kappa shape index (κ2) is 8.23. The number of benzene rings is 2. The second-order valence-electron chi connectivity index (χ2n) is 4.58. The molecular weight excluding hydrogens is 333 g/mol. The molecule has 2 N–H and O–H groups in total. The van der Waals surface area contributed by atoms with Crippen LogP contribution >= 0.6 is 23.2 Å². The quantitative estimate of drug-likeness (QED) is 0.632. The Kier molecular flexibility index (Phi) is 6.04. The molecule has 2 rings (SSSR count). The summed E-state index contributed by atoms with van der Waals surface area (Å²) in [5.41, 5.74) is 1.41. The van der Waals surface area contributed by atoms with Crippen molar-refractivity contribution in [1.82, 2.24) is 5.32 Å². The molecular formula is C17H13Cl2N3O. The molecule has 0 heterocycles. The first-order valence-electron chi connectivity index (χ1n) is 6.74. The number of carbonyl (C=O) groups excluding carboxylic acids is 1. The number of hydrogen-bond acceptors (Lipinski definition) is 3. The highest BCUT2D eigenvalue weighted by Gasteiger charge is 2.09. The maximum absolute atomic E-state index is 12.0. The van der Waals surface area contributed by atoms with Gasteiger partial charge in [-0.3, -0.25) is 4.79 Å². The number of nitriles is 1. The molecule has 0 saturated carbocycles. The molecule has 4 nitrogen and oxygen atoms in total. The van der Waals surface area contributed by atoms with Crippen molar-refractivity contribution < 1.29 is 4.79 Å². The zero-order chi connectivity index (χ0) is 16.7. The number of nitrogens with one attached hydrogen (secondary N) is 2. The van der Waals surface area contributed by atoms with Crippen LogP contribution in [0.4, 0.5) is 5.69 Å². The van der Waals surface area contributed by atoms with Gasteiger partial charge >= 0.3 is 0 Å². The van der Waals surface area contributed by atoms with Crippen LogP contribution < -0.4 is 10.6 Å². The second-order valence-corrected chi connectivity index (χ2v) is 5.37. The number of anilines is 1. The maximum atomic E-state index is 12.0. The van der Waals surface area contributed by atoms with Crippen molar-refractivity contribution in [3.63, 3.8) is 0 Å². The lowest BCUT2D eigenvalue weighted by atomic mass is 10.2. The predicted octanol–water partition coefficient (Wildman–Crippen LogP) is 4.13. The number of amides is 1. The van der Waals surface area contributed by atoms with Gasteiger partial charge in [0, 0.05) is 12.7 Å². The van der Waals surface area contributed by atoms with E-state index in [1.165, 1.54) is 6.20 Å². The van der Waals surface area contributed by atoms with E-state index in [-0.39, 0.29) is 5.57 Å². The molecule has 1 amide bonds. The van der Waals surface area contributed by atoms with Crippen molar-refractivity contribution in [1.29, 1.82) is 5.26 Å². The van der Waals surface area contributed by atoms with Crippen LogP contribution in [0.25, 0.3) is 0 Å². The lowest BCUT2D eigenvalue weighted by Gasteiger charge is -2.07. The summed E-state index contributed by atoms with van der Waals surface area (Å²) in [4.78, 5) is 12.0. The van der Waals surface area contributed by atoms with E-state index in [9.17, 15) is 4.79 Å². The van der Waals surface area contributed by atoms with Crippen LogP contribution in [0.15, 0.2) is 60.3 Å². The first-order valence-corrected chi connectivity index (χ1v) is 7.50. The average molecular weight is 346 g/mol. The van der Waals surface area contributed by atoms with Gasteiger partial charge < -0.3 is 10.6 Å². The standard InChI is InChI=1S/C17H13Cl2N3O/c18-14-7-4-8-15(16(14)19)21-11-13(9-20)17(23)22-10-12-5-2-1-3-6-12/h1-8,11,21H,10H2,(H,22,23)/b13-11-. The minimum absolute atomic E-state index is 0.0584. The molecule has 0 atom stereocenters. The normalized spacial score (nSPS) is 10.7. The fourth-order valence-electron chi connectivity index (χ4n) is 1.79. The average Bonchev–Trinajstić information content (AvgIpc) is 2.58.